The number of hydrogen-bond donors (Lipinski definition) is 1. The Labute approximate surface area is 155 Å². The standard InChI is InChI=1S/C17H18BrN3O3S/c1-13(2)19-20-17(22)12-21(15-10-8-14(18)9-11-15)25(23,24)16-6-4-3-5-7-16/h3-11H,12H2,1-2H3,(H,20,22). The molecule has 0 aliphatic rings. The van der Waals surface area contributed by atoms with E-state index in [9.17, 15) is 13.2 Å². The van der Waals surface area contributed by atoms with Gasteiger partial charge in [0.25, 0.3) is 15.9 Å². The van der Waals surface area contributed by atoms with Crippen LogP contribution in [0, 0.1) is 0 Å². The molecule has 1 N–H and O–H groups in total. The third-order valence-corrected chi connectivity index (χ3v) is 5.45. The number of nitrogens with zero attached hydrogens (tertiary/aromatic N) is 2. The Morgan fingerprint density at radius 3 is 2.24 bits per heavy atom. The van der Waals surface area contributed by atoms with E-state index >= 15 is 0 Å². The Morgan fingerprint density at radius 2 is 1.68 bits per heavy atom. The highest BCUT2D eigenvalue weighted by atomic mass is 79.9. The van der Waals surface area contributed by atoms with Gasteiger partial charge in [0, 0.05) is 10.2 Å². The fourth-order valence-electron chi connectivity index (χ4n) is 1.98. The van der Waals surface area contributed by atoms with Crippen molar-refractivity contribution in [3.63, 3.8) is 0 Å². The summed E-state index contributed by atoms with van der Waals surface area (Å²) in [6.45, 7) is 3.08. The molecule has 0 heterocycles. The predicted molar refractivity (Wildman–Crippen MR) is 102 cm³/mol. The first kappa shape index (κ1) is 19.1. The molecule has 0 atom stereocenters. The van der Waals surface area contributed by atoms with Crippen LogP contribution in [-0.2, 0) is 14.8 Å². The van der Waals surface area contributed by atoms with Crippen LogP contribution in [0.1, 0.15) is 13.8 Å². The SMILES string of the molecule is CC(C)=NNC(=O)CN(c1ccc(Br)cc1)S(=O)(=O)c1ccccc1. The number of nitrogens with one attached hydrogen (secondary N) is 1. The molecule has 25 heavy (non-hydrogen) atoms. The van der Waals surface area contributed by atoms with Crippen molar-refractivity contribution in [2.45, 2.75) is 18.7 Å². The van der Waals surface area contributed by atoms with Gasteiger partial charge >= 0.3 is 0 Å². The van der Waals surface area contributed by atoms with E-state index in [0.717, 1.165) is 8.78 Å². The van der Waals surface area contributed by atoms with E-state index < -0.39 is 15.9 Å². The Morgan fingerprint density at radius 1 is 1.08 bits per heavy atom. The van der Waals surface area contributed by atoms with Gasteiger partial charge in [-0.3, -0.25) is 9.10 Å². The average Bonchev–Trinajstić information content (AvgIpc) is 2.59. The monoisotopic (exact) mass is 423 g/mol. The molecule has 0 saturated carbocycles. The van der Waals surface area contributed by atoms with E-state index in [2.05, 4.69) is 26.5 Å². The summed E-state index contributed by atoms with van der Waals surface area (Å²) in [6, 6.07) is 14.7. The summed E-state index contributed by atoms with van der Waals surface area (Å²) in [5, 5.41) is 3.83. The number of benzene rings is 2. The molecule has 132 valence electrons. The fraction of sp³-hybridized carbons (Fsp3) is 0.176. The first-order valence-corrected chi connectivity index (χ1v) is 9.67. The number of amides is 1. The van der Waals surface area contributed by atoms with Crippen LogP contribution >= 0.6 is 15.9 Å². The van der Waals surface area contributed by atoms with Gasteiger partial charge in [-0.1, -0.05) is 34.1 Å². The zero-order valence-corrected chi connectivity index (χ0v) is 16.2. The summed E-state index contributed by atoms with van der Waals surface area (Å²) >= 11 is 3.32. The van der Waals surface area contributed by atoms with Gasteiger partial charge in [-0.15, -0.1) is 0 Å². The third kappa shape index (κ3) is 5.14. The van der Waals surface area contributed by atoms with E-state index in [1.807, 2.05) is 0 Å². The molecule has 6 nitrogen and oxygen atoms in total. The van der Waals surface area contributed by atoms with E-state index in [1.54, 1.807) is 56.3 Å². The number of hydrogen-bond acceptors (Lipinski definition) is 4. The normalized spacial score (nSPS) is 10.8. The van der Waals surface area contributed by atoms with Crippen LogP contribution in [-0.4, -0.2) is 26.6 Å². The highest BCUT2D eigenvalue weighted by Crippen LogP contribution is 2.25. The lowest BCUT2D eigenvalue weighted by Crippen LogP contribution is -2.39. The van der Waals surface area contributed by atoms with Gasteiger partial charge in [0.05, 0.1) is 10.6 Å². The van der Waals surface area contributed by atoms with Gasteiger partial charge in [0.15, 0.2) is 0 Å². The van der Waals surface area contributed by atoms with Gasteiger partial charge in [-0.25, -0.2) is 13.8 Å². The Kier molecular flexibility index (Phi) is 6.33. The molecule has 0 saturated heterocycles. The first-order chi connectivity index (χ1) is 11.8. The van der Waals surface area contributed by atoms with Crippen LogP contribution in [0.3, 0.4) is 0 Å². The maximum Gasteiger partial charge on any atom is 0.264 e. The third-order valence-electron chi connectivity index (χ3n) is 3.14. The Balaban J connectivity index is 2.40. The number of rotatable bonds is 6. The van der Waals surface area contributed by atoms with Crippen LogP contribution in [0.25, 0.3) is 0 Å². The molecular weight excluding hydrogens is 406 g/mol. The highest BCUT2D eigenvalue weighted by molar-refractivity contribution is 9.10. The minimum Gasteiger partial charge on any atom is -0.271 e. The molecule has 2 aromatic rings. The smallest absolute Gasteiger partial charge is 0.264 e. The molecule has 0 fully saturated rings. The molecule has 0 aliphatic heterocycles. The first-order valence-electron chi connectivity index (χ1n) is 7.44. The number of halogens is 1. The van der Waals surface area contributed by atoms with E-state index in [-0.39, 0.29) is 11.4 Å². The van der Waals surface area contributed by atoms with Crippen molar-refractivity contribution in [1.82, 2.24) is 5.43 Å². The molecule has 2 rings (SSSR count). The van der Waals surface area contributed by atoms with Crippen molar-refractivity contribution in [1.29, 1.82) is 0 Å². The second-order valence-electron chi connectivity index (χ2n) is 5.40. The van der Waals surface area contributed by atoms with Crippen LogP contribution < -0.4 is 9.73 Å². The lowest BCUT2D eigenvalue weighted by atomic mass is 10.3. The summed E-state index contributed by atoms with van der Waals surface area (Å²) < 4.78 is 27.8. The van der Waals surface area contributed by atoms with Crippen molar-refractivity contribution < 1.29 is 13.2 Å². The van der Waals surface area contributed by atoms with Crippen LogP contribution in [0.5, 0.6) is 0 Å². The molecule has 0 spiro atoms. The molecular formula is C17H18BrN3O3S. The number of carbonyl (C=O) groups excluding carboxylic acids is 1. The van der Waals surface area contributed by atoms with Crippen LogP contribution in [0.2, 0.25) is 0 Å². The topological polar surface area (TPSA) is 78.8 Å². The number of sulfonamides is 1. The summed E-state index contributed by atoms with van der Waals surface area (Å²) in [6.07, 6.45) is 0. The van der Waals surface area contributed by atoms with Gasteiger partial charge in [-0.2, -0.15) is 5.10 Å². The van der Waals surface area contributed by atoms with Crippen molar-refractivity contribution in [3.8, 4) is 0 Å². The summed E-state index contributed by atoms with van der Waals surface area (Å²) in [7, 11) is -3.89. The fourth-order valence-corrected chi connectivity index (χ4v) is 3.69. The second kappa shape index (κ2) is 8.26. The number of anilines is 1. The molecule has 0 unspecified atom stereocenters. The maximum atomic E-state index is 13.0. The summed E-state index contributed by atoms with van der Waals surface area (Å²) in [5.41, 5.74) is 3.40. The highest BCUT2D eigenvalue weighted by Gasteiger charge is 2.27. The number of hydrazone groups is 1. The molecule has 0 aromatic heterocycles. The second-order valence-corrected chi connectivity index (χ2v) is 8.17. The summed E-state index contributed by atoms with van der Waals surface area (Å²) in [4.78, 5) is 12.3. The maximum absolute atomic E-state index is 13.0. The Hall–Kier alpha value is -2.19. The molecule has 0 bridgehead atoms. The van der Waals surface area contributed by atoms with Gasteiger partial charge in [0.2, 0.25) is 0 Å². The van der Waals surface area contributed by atoms with Gasteiger partial charge in [-0.05, 0) is 50.2 Å². The zero-order chi connectivity index (χ0) is 18.4. The van der Waals surface area contributed by atoms with Crippen LogP contribution in [0.15, 0.2) is 69.1 Å². The van der Waals surface area contributed by atoms with E-state index in [1.165, 1.54) is 12.1 Å². The van der Waals surface area contributed by atoms with E-state index in [0.29, 0.717) is 11.4 Å². The number of carbonyl (C=O) groups is 1. The van der Waals surface area contributed by atoms with Crippen molar-refractivity contribution in [3.05, 3.63) is 59.1 Å². The quantitative estimate of drug-likeness (QED) is 0.572. The van der Waals surface area contributed by atoms with Crippen molar-refractivity contribution in [2.75, 3.05) is 10.8 Å². The Bertz CT molecular complexity index is 862. The molecule has 1 amide bonds. The summed E-state index contributed by atoms with van der Waals surface area (Å²) in [5.74, 6) is -0.524. The van der Waals surface area contributed by atoms with Crippen LogP contribution in [0.4, 0.5) is 5.69 Å². The molecule has 0 aliphatic carbocycles. The van der Waals surface area contributed by atoms with Crippen molar-refractivity contribution >= 4 is 43.3 Å². The predicted octanol–water partition coefficient (Wildman–Crippen LogP) is 3.16. The minimum absolute atomic E-state index is 0.112. The molecule has 2 aromatic carbocycles. The minimum atomic E-state index is -3.89. The van der Waals surface area contributed by atoms with Crippen molar-refractivity contribution in [2.24, 2.45) is 5.10 Å². The van der Waals surface area contributed by atoms with Gasteiger partial charge < -0.3 is 0 Å². The average molecular weight is 424 g/mol. The molecule has 8 heteroatoms. The largest absolute Gasteiger partial charge is 0.271 e. The zero-order valence-electron chi connectivity index (χ0n) is 13.8. The van der Waals surface area contributed by atoms with Gasteiger partial charge in [0.1, 0.15) is 6.54 Å². The van der Waals surface area contributed by atoms with E-state index in [4.69, 9.17) is 0 Å². The lowest BCUT2D eigenvalue weighted by Gasteiger charge is -2.23. The lowest BCUT2D eigenvalue weighted by molar-refractivity contribution is -0.119. The molecule has 0 radical (unpaired) electrons.